The van der Waals surface area contributed by atoms with Crippen molar-refractivity contribution in [2.45, 2.75) is 33.4 Å². The molecule has 1 fully saturated rings. The van der Waals surface area contributed by atoms with Crippen molar-refractivity contribution in [2.75, 3.05) is 19.6 Å². The summed E-state index contributed by atoms with van der Waals surface area (Å²) in [6.07, 6.45) is 0. The van der Waals surface area contributed by atoms with Gasteiger partial charge in [0.1, 0.15) is 0 Å². The summed E-state index contributed by atoms with van der Waals surface area (Å²) >= 11 is 5.98. The quantitative estimate of drug-likeness (QED) is 0.917. The van der Waals surface area contributed by atoms with Gasteiger partial charge in [0.2, 0.25) is 0 Å². The molecule has 23 heavy (non-hydrogen) atoms. The number of aromatic nitrogens is 2. The summed E-state index contributed by atoms with van der Waals surface area (Å²) in [6.45, 7) is 10.7. The number of nitrogens with zero attached hydrogens (tertiary/aromatic N) is 3. The van der Waals surface area contributed by atoms with Crippen molar-refractivity contribution in [3.8, 4) is 5.69 Å². The topological polar surface area (TPSA) is 33.1 Å². The molecule has 4 nitrogen and oxygen atoms in total. The molecule has 0 aliphatic carbocycles. The van der Waals surface area contributed by atoms with Crippen LogP contribution in [0.4, 0.5) is 0 Å². The lowest BCUT2D eigenvalue weighted by Gasteiger charge is -2.31. The van der Waals surface area contributed by atoms with E-state index in [9.17, 15) is 0 Å². The van der Waals surface area contributed by atoms with E-state index in [1.165, 1.54) is 11.3 Å². The number of rotatable bonds is 3. The van der Waals surface area contributed by atoms with Crippen LogP contribution in [0.3, 0.4) is 0 Å². The summed E-state index contributed by atoms with van der Waals surface area (Å²) in [5, 5.41) is 8.96. The largest absolute Gasteiger partial charge is 0.312 e. The maximum Gasteiger partial charge on any atom is 0.0649 e. The van der Waals surface area contributed by atoms with Gasteiger partial charge in [0.15, 0.2) is 0 Å². The highest BCUT2D eigenvalue weighted by Gasteiger charge is 2.20. The Labute approximate surface area is 149 Å². The fraction of sp³-hybridized carbons (Fsp3) is 0.471. The first kappa shape index (κ1) is 18.3. The molecule has 0 saturated carbocycles. The van der Waals surface area contributed by atoms with Gasteiger partial charge in [-0.25, -0.2) is 4.68 Å². The zero-order chi connectivity index (χ0) is 15.7. The monoisotopic (exact) mass is 354 g/mol. The van der Waals surface area contributed by atoms with Crippen molar-refractivity contribution in [3.05, 3.63) is 46.2 Å². The number of piperazine rings is 1. The molecular formula is C17H24Cl2N4. The Morgan fingerprint density at radius 1 is 1.26 bits per heavy atom. The molecule has 2 heterocycles. The van der Waals surface area contributed by atoms with Gasteiger partial charge in [-0.1, -0.05) is 11.6 Å². The average Bonchev–Trinajstić information content (AvgIpc) is 2.76. The second-order valence-corrected chi connectivity index (χ2v) is 6.56. The lowest BCUT2D eigenvalue weighted by molar-refractivity contribution is 0.199. The van der Waals surface area contributed by atoms with E-state index in [4.69, 9.17) is 16.7 Å². The Morgan fingerprint density at radius 3 is 2.61 bits per heavy atom. The Morgan fingerprint density at radius 2 is 1.96 bits per heavy atom. The summed E-state index contributed by atoms with van der Waals surface area (Å²) < 4.78 is 2.02. The summed E-state index contributed by atoms with van der Waals surface area (Å²) in [4.78, 5) is 2.50. The second-order valence-electron chi connectivity index (χ2n) is 6.13. The molecule has 2 aromatic rings. The Hall–Kier alpha value is -1.07. The highest BCUT2D eigenvalue weighted by atomic mass is 35.5. The van der Waals surface area contributed by atoms with Crippen LogP contribution in [0.25, 0.3) is 5.69 Å². The molecular weight excluding hydrogens is 331 g/mol. The van der Waals surface area contributed by atoms with Crippen molar-refractivity contribution in [3.63, 3.8) is 0 Å². The number of aryl methyl sites for hydroxylation is 1. The van der Waals surface area contributed by atoms with Crippen LogP contribution in [-0.2, 0) is 6.54 Å². The molecule has 0 bridgehead atoms. The standard InChI is InChI=1S/C17H23ClN4.ClH/c1-12-10-21(9-8-19-12)11-17-13(2)20-22(14(17)3)16-6-4-15(18)5-7-16;/h4-7,12,19H,8-11H2,1-3H3;1H/t12-;/m1./s1. The minimum Gasteiger partial charge on any atom is -0.312 e. The van der Waals surface area contributed by atoms with Crippen LogP contribution in [0.2, 0.25) is 5.02 Å². The zero-order valence-electron chi connectivity index (χ0n) is 13.8. The zero-order valence-corrected chi connectivity index (χ0v) is 15.4. The van der Waals surface area contributed by atoms with Crippen LogP contribution in [0, 0.1) is 13.8 Å². The van der Waals surface area contributed by atoms with E-state index in [0.717, 1.165) is 42.6 Å². The molecule has 1 aliphatic rings. The van der Waals surface area contributed by atoms with Crippen molar-refractivity contribution in [2.24, 2.45) is 0 Å². The van der Waals surface area contributed by atoms with E-state index in [1.54, 1.807) is 0 Å². The van der Waals surface area contributed by atoms with Crippen molar-refractivity contribution >= 4 is 24.0 Å². The van der Waals surface area contributed by atoms with Gasteiger partial charge in [-0.15, -0.1) is 12.4 Å². The van der Waals surface area contributed by atoms with Gasteiger partial charge in [0, 0.05) is 48.5 Å². The van der Waals surface area contributed by atoms with E-state index in [-0.39, 0.29) is 12.4 Å². The molecule has 3 rings (SSSR count). The maximum atomic E-state index is 5.98. The molecule has 1 N–H and O–H groups in total. The number of hydrogen-bond donors (Lipinski definition) is 1. The molecule has 1 aromatic heterocycles. The first-order valence-corrected chi connectivity index (χ1v) is 8.19. The van der Waals surface area contributed by atoms with Gasteiger partial charge in [-0.05, 0) is 45.0 Å². The summed E-state index contributed by atoms with van der Waals surface area (Å²) in [5.74, 6) is 0. The van der Waals surface area contributed by atoms with Gasteiger partial charge >= 0.3 is 0 Å². The number of halogens is 2. The molecule has 0 radical (unpaired) electrons. The molecule has 0 amide bonds. The lowest BCUT2D eigenvalue weighted by atomic mass is 10.1. The fourth-order valence-corrected chi connectivity index (χ4v) is 3.24. The molecule has 1 saturated heterocycles. The van der Waals surface area contributed by atoms with Crippen molar-refractivity contribution < 1.29 is 0 Å². The minimum absolute atomic E-state index is 0. The third-order valence-electron chi connectivity index (χ3n) is 4.35. The highest BCUT2D eigenvalue weighted by Crippen LogP contribution is 2.21. The third kappa shape index (κ3) is 4.07. The molecule has 1 aliphatic heterocycles. The van der Waals surface area contributed by atoms with Gasteiger partial charge in [0.25, 0.3) is 0 Å². The summed E-state index contributed by atoms with van der Waals surface area (Å²) in [7, 11) is 0. The van der Waals surface area contributed by atoms with Gasteiger partial charge in [-0.3, -0.25) is 4.90 Å². The van der Waals surface area contributed by atoms with Crippen LogP contribution in [0.5, 0.6) is 0 Å². The Bertz CT molecular complexity index is 651. The van der Waals surface area contributed by atoms with Gasteiger partial charge in [-0.2, -0.15) is 5.10 Å². The van der Waals surface area contributed by atoms with E-state index >= 15 is 0 Å². The van der Waals surface area contributed by atoms with E-state index in [2.05, 4.69) is 31.0 Å². The van der Waals surface area contributed by atoms with Crippen LogP contribution >= 0.6 is 24.0 Å². The van der Waals surface area contributed by atoms with Gasteiger partial charge < -0.3 is 5.32 Å². The fourth-order valence-electron chi connectivity index (χ4n) is 3.12. The summed E-state index contributed by atoms with van der Waals surface area (Å²) in [5.41, 5.74) is 4.72. The first-order valence-electron chi connectivity index (χ1n) is 7.81. The SMILES string of the molecule is Cc1nn(-c2ccc(Cl)cc2)c(C)c1CN1CCN[C@H](C)C1.Cl. The molecule has 0 unspecified atom stereocenters. The van der Waals surface area contributed by atoms with Crippen molar-refractivity contribution in [1.29, 1.82) is 0 Å². The minimum atomic E-state index is 0. The van der Waals surface area contributed by atoms with Crippen LogP contribution in [0.15, 0.2) is 24.3 Å². The smallest absolute Gasteiger partial charge is 0.0649 e. The molecule has 6 heteroatoms. The predicted octanol–water partition coefficient (Wildman–Crippen LogP) is 3.36. The maximum absolute atomic E-state index is 5.98. The second kappa shape index (κ2) is 7.67. The van der Waals surface area contributed by atoms with Gasteiger partial charge in [0.05, 0.1) is 11.4 Å². The molecule has 126 valence electrons. The lowest BCUT2D eigenvalue weighted by Crippen LogP contribution is -2.48. The Kier molecular flexibility index (Phi) is 6.09. The average molecular weight is 355 g/mol. The van der Waals surface area contributed by atoms with Crippen LogP contribution in [-0.4, -0.2) is 40.4 Å². The number of benzene rings is 1. The van der Waals surface area contributed by atoms with Crippen LogP contribution in [0.1, 0.15) is 23.9 Å². The van der Waals surface area contributed by atoms with Crippen LogP contribution < -0.4 is 5.32 Å². The first-order chi connectivity index (χ1) is 10.5. The summed E-state index contributed by atoms with van der Waals surface area (Å²) in [6, 6.07) is 8.40. The van der Waals surface area contributed by atoms with E-state index in [0.29, 0.717) is 6.04 Å². The molecule has 1 aromatic carbocycles. The van der Waals surface area contributed by atoms with Crippen molar-refractivity contribution in [1.82, 2.24) is 20.0 Å². The molecule has 0 spiro atoms. The molecule has 1 atom stereocenters. The highest BCUT2D eigenvalue weighted by molar-refractivity contribution is 6.30. The predicted molar refractivity (Wildman–Crippen MR) is 98.0 cm³/mol. The Balaban J connectivity index is 0.00000192. The normalized spacial score (nSPS) is 18.7. The number of nitrogens with one attached hydrogen (secondary N) is 1. The van der Waals surface area contributed by atoms with E-state index < -0.39 is 0 Å². The third-order valence-corrected chi connectivity index (χ3v) is 4.60. The van der Waals surface area contributed by atoms with E-state index in [1.807, 2.05) is 28.9 Å². The number of hydrogen-bond acceptors (Lipinski definition) is 3.